The second-order valence-corrected chi connectivity index (χ2v) is 8.89. The van der Waals surface area contributed by atoms with Crippen molar-refractivity contribution in [2.24, 2.45) is 0 Å². The lowest BCUT2D eigenvalue weighted by Gasteiger charge is -2.22. The van der Waals surface area contributed by atoms with E-state index in [0.29, 0.717) is 6.61 Å². The van der Waals surface area contributed by atoms with Crippen molar-refractivity contribution in [1.29, 1.82) is 0 Å². The fourth-order valence-electron chi connectivity index (χ4n) is 4.32. The van der Waals surface area contributed by atoms with Gasteiger partial charge in [-0.25, -0.2) is 4.79 Å². The van der Waals surface area contributed by atoms with E-state index in [0.717, 1.165) is 28.9 Å². The number of methoxy groups -OCH3 is 1. The van der Waals surface area contributed by atoms with Crippen molar-refractivity contribution >= 4 is 11.5 Å². The molecule has 0 saturated carbocycles. The van der Waals surface area contributed by atoms with Gasteiger partial charge in [0.2, 0.25) is 0 Å². The number of hydrogen-bond acceptors (Lipinski definition) is 3. The van der Waals surface area contributed by atoms with E-state index in [1.807, 2.05) is 19.1 Å². The smallest absolute Gasteiger partial charge is 0.330 e. The van der Waals surface area contributed by atoms with Gasteiger partial charge in [0.25, 0.3) is 0 Å². The summed E-state index contributed by atoms with van der Waals surface area (Å²) in [5, 5.41) is 0. The van der Waals surface area contributed by atoms with Crippen LogP contribution in [0, 0.1) is 0 Å². The molecular weight excluding hydrogens is 348 g/mol. The third kappa shape index (κ3) is 4.76. The second kappa shape index (κ2) is 8.38. The maximum Gasteiger partial charge on any atom is 0.330 e. The summed E-state index contributed by atoms with van der Waals surface area (Å²) in [6, 6.07) is 4.51. The van der Waals surface area contributed by atoms with E-state index in [-0.39, 0.29) is 16.8 Å². The van der Waals surface area contributed by atoms with Crippen molar-refractivity contribution < 1.29 is 14.3 Å². The Kier molecular flexibility index (Phi) is 6.59. The summed E-state index contributed by atoms with van der Waals surface area (Å²) < 4.78 is 10.7. The maximum absolute atomic E-state index is 11.5. The molecule has 3 heteroatoms. The van der Waals surface area contributed by atoms with E-state index >= 15 is 0 Å². The molecule has 1 aromatic rings. The van der Waals surface area contributed by atoms with Gasteiger partial charge in [0.15, 0.2) is 0 Å². The first kappa shape index (κ1) is 22.0. The predicted molar refractivity (Wildman–Crippen MR) is 117 cm³/mol. The third-order valence-corrected chi connectivity index (χ3v) is 5.44. The van der Waals surface area contributed by atoms with E-state index < -0.39 is 0 Å². The fraction of sp³-hybridized carbons (Fsp3) is 0.480. The molecule has 0 unspecified atom stereocenters. The monoisotopic (exact) mass is 382 g/mol. The Labute approximate surface area is 170 Å². The molecule has 152 valence electrons. The van der Waals surface area contributed by atoms with Gasteiger partial charge in [-0.1, -0.05) is 45.9 Å². The zero-order valence-electron chi connectivity index (χ0n) is 18.6. The lowest BCUT2D eigenvalue weighted by Crippen LogP contribution is -2.17. The molecule has 0 bridgehead atoms. The van der Waals surface area contributed by atoms with E-state index in [4.69, 9.17) is 9.47 Å². The van der Waals surface area contributed by atoms with Gasteiger partial charge in [0.05, 0.1) is 13.7 Å². The first-order valence-electron chi connectivity index (χ1n) is 9.95. The number of allylic oxidation sites excluding steroid dienone is 5. The van der Waals surface area contributed by atoms with Gasteiger partial charge in [0.1, 0.15) is 5.75 Å². The lowest BCUT2D eigenvalue weighted by atomic mass is 9.82. The largest absolute Gasteiger partial charge is 0.496 e. The number of esters is 1. The quantitative estimate of drug-likeness (QED) is 0.338. The van der Waals surface area contributed by atoms with E-state index in [1.54, 1.807) is 14.0 Å². The third-order valence-electron chi connectivity index (χ3n) is 5.44. The fourth-order valence-corrected chi connectivity index (χ4v) is 4.32. The average molecular weight is 383 g/mol. The van der Waals surface area contributed by atoms with Crippen molar-refractivity contribution in [3.05, 3.63) is 58.7 Å². The number of hydrogen-bond donors (Lipinski definition) is 0. The SMILES string of the molecule is CCOC(=O)/C=C(C)/C=C/C=C(/C)c1cc2c(cc1OC)C(C)(C)CC2(C)C. The van der Waals surface area contributed by atoms with Crippen LogP contribution in [0.3, 0.4) is 0 Å². The molecule has 2 rings (SSSR count). The molecule has 0 radical (unpaired) electrons. The number of fused-ring (bicyclic) bond motifs is 1. The first-order chi connectivity index (χ1) is 13.0. The van der Waals surface area contributed by atoms with Crippen LogP contribution in [-0.2, 0) is 20.4 Å². The van der Waals surface area contributed by atoms with Crippen molar-refractivity contribution in [2.75, 3.05) is 13.7 Å². The van der Waals surface area contributed by atoms with Gasteiger partial charge in [-0.05, 0) is 72.4 Å². The molecule has 3 nitrogen and oxygen atoms in total. The van der Waals surface area contributed by atoms with Crippen molar-refractivity contribution in [3.63, 3.8) is 0 Å². The number of benzene rings is 1. The number of rotatable bonds is 6. The average Bonchev–Trinajstić information content (AvgIpc) is 2.77. The molecule has 1 aromatic carbocycles. The van der Waals surface area contributed by atoms with Crippen LogP contribution in [0.5, 0.6) is 5.75 Å². The highest BCUT2D eigenvalue weighted by Crippen LogP contribution is 2.51. The molecule has 0 spiro atoms. The summed E-state index contributed by atoms with van der Waals surface area (Å²) in [6.45, 7) is 15.4. The minimum Gasteiger partial charge on any atom is -0.496 e. The molecule has 0 saturated heterocycles. The standard InChI is InChI=1S/C25H34O3/c1-9-28-23(26)13-17(2)11-10-12-18(3)19-14-20-21(15-22(19)27-8)25(6,7)16-24(20,4)5/h10-15H,9,16H2,1-8H3/b11-10+,17-13+,18-12-. The Morgan fingerprint density at radius 2 is 1.71 bits per heavy atom. The highest BCUT2D eigenvalue weighted by molar-refractivity contribution is 5.83. The zero-order valence-corrected chi connectivity index (χ0v) is 18.6. The van der Waals surface area contributed by atoms with Gasteiger partial charge in [-0.3, -0.25) is 0 Å². The van der Waals surface area contributed by atoms with Crippen LogP contribution in [0.1, 0.15) is 71.6 Å². The van der Waals surface area contributed by atoms with Crippen LogP contribution >= 0.6 is 0 Å². The highest BCUT2D eigenvalue weighted by atomic mass is 16.5. The Bertz CT molecular complexity index is 836. The number of carbonyl (C=O) groups is 1. The first-order valence-corrected chi connectivity index (χ1v) is 9.95. The molecule has 0 N–H and O–H groups in total. The molecule has 0 fully saturated rings. The minimum atomic E-state index is -0.310. The summed E-state index contributed by atoms with van der Waals surface area (Å²) in [6.07, 6.45) is 8.56. The van der Waals surface area contributed by atoms with Crippen LogP contribution < -0.4 is 4.74 Å². The maximum atomic E-state index is 11.5. The molecule has 1 aliphatic carbocycles. The molecule has 0 atom stereocenters. The van der Waals surface area contributed by atoms with Gasteiger partial charge in [-0.2, -0.15) is 0 Å². The lowest BCUT2D eigenvalue weighted by molar-refractivity contribution is -0.137. The van der Waals surface area contributed by atoms with E-state index in [9.17, 15) is 4.79 Å². The summed E-state index contributed by atoms with van der Waals surface area (Å²) >= 11 is 0. The van der Waals surface area contributed by atoms with Crippen LogP contribution in [0.2, 0.25) is 0 Å². The number of carbonyl (C=O) groups excluding carboxylic acids is 1. The zero-order chi connectivity index (χ0) is 21.1. The van der Waals surface area contributed by atoms with Crippen LogP contribution in [0.15, 0.2) is 42.0 Å². The number of ether oxygens (including phenoxy) is 2. The molecule has 0 aromatic heterocycles. The van der Waals surface area contributed by atoms with Crippen molar-refractivity contribution in [3.8, 4) is 5.75 Å². The van der Waals surface area contributed by atoms with Gasteiger partial charge < -0.3 is 9.47 Å². The molecule has 1 aliphatic rings. The van der Waals surface area contributed by atoms with Crippen LogP contribution in [-0.4, -0.2) is 19.7 Å². The Hall–Kier alpha value is -2.29. The summed E-state index contributed by atoms with van der Waals surface area (Å²) in [5.41, 5.74) is 6.18. The Morgan fingerprint density at radius 3 is 2.29 bits per heavy atom. The molecule has 0 aliphatic heterocycles. The Morgan fingerprint density at radius 1 is 1.11 bits per heavy atom. The van der Waals surface area contributed by atoms with E-state index in [2.05, 4.69) is 52.8 Å². The molecular formula is C25H34O3. The minimum absolute atomic E-state index is 0.148. The van der Waals surface area contributed by atoms with E-state index in [1.165, 1.54) is 17.2 Å². The summed E-state index contributed by atoms with van der Waals surface area (Å²) in [4.78, 5) is 11.5. The normalized spacial score (nSPS) is 18.3. The van der Waals surface area contributed by atoms with Gasteiger partial charge in [0, 0.05) is 11.6 Å². The van der Waals surface area contributed by atoms with Gasteiger partial charge in [-0.15, -0.1) is 0 Å². The predicted octanol–water partition coefficient (Wildman–Crippen LogP) is 6.12. The molecule has 0 amide bonds. The topological polar surface area (TPSA) is 35.5 Å². The second-order valence-electron chi connectivity index (χ2n) is 8.89. The van der Waals surface area contributed by atoms with Crippen LogP contribution in [0.25, 0.3) is 5.57 Å². The van der Waals surface area contributed by atoms with Gasteiger partial charge >= 0.3 is 5.97 Å². The Balaban J connectivity index is 2.36. The van der Waals surface area contributed by atoms with Crippen molar-refractivity contribution in [1.82, 2.24) is 0 Å². The summed E-state index contributed by atoms with van der Waals surface area (Å²) in [5.74, 6) is 0.598. The van der Waals surface area contributed by atoms with Crippen LogP contribution in [0.4, 0.5) is 0 Å². The van der Waals surface area contributed by atoms with Crippen molar-refractivity contribution in [2.45, 2.75) is 65.7 Å². The molecule has 0 heterocycles. The highest BCUT2D eigenvalue weighted by Gasteiger charge is 2.42. The summed E-state index contributed by atoms with van der Waals surface area (Å²) in [7, 11) is 1.73. The molecule has 28 heavy (non-hydrogen) atoms.